The summed E-state index contributed by atoms with van der Waals surface area (Å²) < 4.78 is 40.2. The fraction of sp³-hybridized carbons (Fsp3) is 0.667. The minimum absolute atomic E-state index is 0.188. The van der Waals surface area contributed by atoms with Gasteiger partial charge in [-0.1, -0.05) is 20.8 Å². The van der Waals surface area contributed by atoms with E-state index in [4.69, 9.17) is 0 Å². The van der Waals surface area contributed by atoms with Crippen molar-refractivity contribution in [1.29, 1.82) is 0 Å². The Morgan fingerprint density at radius 2 is 1.71 bits per heavy atom. The Balaban J connectivity index is 2.04. The topological polar surface area (TPSA) is 0 Å². The average molecular weight is 298 g/mol. The number of hydrogen-bond donors (Lipinski definition) is 0. The second-order valence-electron chi connectivity index (χ2n) is 7.50. The Morgan fingerprint density at radius 3 is 2.24 bits per heavy atom. The zero-order chi connectivity index (χ0) is 15.8. The minimum Gasteiger partial charge on any atom is -0.207 e. The van der Waals surface area contributed by atoms with Crippen LogP contribution in [0, 0.1) is 23.1 Å². The van der Waals surface area contributed by atoms with Gasteiger partial charge in [-0.15, -0.1) is 0 Å². The van der Waals surface area contributed by atoms with Crippen molar-refractivity contribution in [2.45, 2.75) is 59.3 Å². The van der Waals surface area contributed by atoms with Crippen LogP contribution in [-0.2, 0) is 12.3 Å². The standard InChI is InChI=1S/C18H25F3/c1-12-7-14(8-12)17(2,3)6-5-13-9-15(18(4,20)21)11-16(19)10-13/h9-12,14H,5-8H2,1-4H3. The molecule has 0 N–H and O–H groups in total. The molecule has 0 nitrogen and oxygen atoms in total. The van der Waals surface area contributed by atoms with Crippen molar-refractivity contribution in [3.63, 3.8) is 0 Å². The lowest BCUT2D eigenvalue weighted by Crippen LogP contribution is -2.35. The third-order valence-corrected chi connectivity index (χ3v) is 5.00. The number of rotatable bonds is 5. The summed E-state index contributed by atoms with van der Waals surface area (Å²) in [5.74, 6) is -2.06. The number of alkyl halides is 2. The predicted octanol–water partition coefficient (Wildman–Crippen LogP) is 5.94. The van der Waals surface area contributed by atoms with Gasteiger partial charge in [-0.2, -0.15) is 0 Å². The first kappa shape index (κ1) is 16.4. The molecule has 1 aliphatic rings. The van der Waals surface area contributed by atoms with Crippen LogP contribution >= 0.6 is 0 Å². The van der Waals surface area contributed by atoms with E-state index < -0.39 is 11.7 Å². The van der Waals surface area contributed by atoms with Crippen molar-refractivity contribution >= 4 is 0 Å². The van der Waals surface area contributed by atoms with Crippen LogP contribution in [0.1, 0.15) is 58.1 Å². The Hall–Kier alpha value is -0.990. The molecule has 21 heavy (non-hydrogen) atoms. The highest BCUT2D eigenvalue weighted by atomic mass is 19.3. The Bertz CT molecular complexity index is 494. The van der Waals surface area contributed by atoms with Crippen molar-refractivity contribution in [1.82, 2.24) is 0 Å². The lowest BCUT2D eigenvalue weighted by molar-refractivity contribution is 0.0170. The van der Waals surface area contributed by atoms with Gasteiger partial charge >= 0.3 is 0 Å². The summed E-state index contributed by atoms with van der Waals surface area (Å²) in [7, 11) is 0. The van der Waals surface area contributed by atoms with Crippen LogP contribution in [0.25, 0.3) is 0 Å². The van der Waals surface area contributed by atoms with Gasteiger partial charge in [0.25, 0.3) is 5.92 Å². The molecule has 118 valence electrons. The monoisotopic (exact) mass is 298 g/mol. The molecule has 0 unspecified atom stereocenters. The minimum atomic E-state index is -2.99. The van der Waals surface area contributed by atoms with Gasteiger partial charge < -0.3 is 0 Å². The van der Waals surface area contributed by atoms with E-state index in [1.165, 1.54) is 25.0 Å². The van der Waals surface area contributed by atoms with Crippen molar-refractivity contribution in [3.8, 4) is 0 Å². The zero-order valence-electron chi connectivity index (χ0n) is 13.3. The van der Waals surface area contributed by atoms with Crippen molar-refractivity contribution in [3.05, 3.63) is 35.1 Å². The molecule has 0 saturated heterocycles. The number of benzene rings is 1. The van der Waals surface area contributed by atoms with Gasteiger partial charge in [0.2, 0.25) is 0 Å². The first-order valence-electron chi connectivity index (χ1n) is 7.76. The van der Waals surface area contributed by atoms with E-state index in [1.54, 1.807) is 0 Å². The Kier molecular flexibility index (Phi) is 4.41. The van der Waals surface area contributed by atoms with E-state index >= 15 is 0 Å². The fourth-order valence-electron chi connectivity index (χ4n) is 3.26. The third-order valence-electron chi connectivity index (χ3n) is 5.00. The van der Waals surface area contributed by atoms with Gasteiger partial charge in [0.15, 0.2) is 0 Å². The van der Waals surface area contributed by atoms with Crippen molar-refractivity contribution in [2.75, 3.05) is 0 Å². The van der Waals surface area contributed by atoms with E-state index in [-0.39, 0.29) is 11.0 Å². The maximum Gasteiger partial charge on any atom is 0.270 e. The van der Waals surface area contributed by atoms with Crippen LogP contribution < -0.4 is 0 Å². The van der Waals surface area contributed by atoms with Crippen LogP contribution in [0.3, 0.4) is 0 Å². The second kappa shape index (κ2) is 5.66. The maximum atomic E-state index is 13.5. The summed E-state index contributed by atoms with van der Waals surface area (Å²) in [6.45, 7) is 7.54. The van der Waals surface area contributed by atoms with Crippen LogP contribution in [0.2, 0.25) is 0 Å². The summed E-state index contributed by atoms with van der Waals surface area (Å²) in [6, 6.07) is 3.76. The first-order chi connectivity index (χ1) is 9.58. The van der Waals surface area contributed by atoms with Crippen LogP contribution in [0.5, 0.6) is 0 Å². The predicted molar refractivity (Wildman–Crippen MR) is 80.0 cm³/mol. The highest BCUT2D eigenvalue weighted by Crippen LogP contribution is 2.47. The van der Waals surface area contributed by atoms with Crippen LogP contribution in [0.4, 0.5) is 13.2 Å². The molecule has 0 aliphatic heterocycles. The molecule has 0 aromatic heterocycles. The van der Waals surface area contributed by atoms with Gasteiger partial charge in [0.05, 0.1) is 0 Å². The Labute approximate surface area is 125 Å². The summed E-state index contributed by atoms with van der Waals surface area (Å²) in [5, 5.41) is 0. The molecule has 3 heteroatoms. The molecular weight excluding hydrogens is 273 g/mol. The molecule has 0 amide bonds. The van der Waals surface area contributed by atoms with E-state index in [0.717, 1.165) is 25.3 Å². The smallest absolute Gasteiger partial charge is 0.207 e. The highest BCUT2D eigenvalue weighted by Gasteiger charge is 2.37. The average Bonchev–Trinajstić information content (AvgIpc) is 2.31. The molecule has 0 heterocycles. The van der Waals surface area contributed by atoms with Gasteiger partial charge in [-0.3, -0.25) is 0 Å². The molecule has 0 spiro atoms. The second-order valence-corrected chi connectivity index (χ2v) is 7.50. The number of hydrogen-bond acceptors (Lipinski definition) is 0. The quantitative estimate of drug-likeness (QED) is 0.631. The summed E-state index contributed by atoms with van der Waals surface area (Å²) in [4.78, 5) is 0. The number of aryl methyl sites for hydroxylation is 1. The van der Waals surface area contributed by atoms with Gasteiger partial charge in [0.1, 0.15) is 5.82 Å². The highest BCUT2D eigenvalue weighted by molar-refractivity contribution is 5.27. The van der Waals surface area contributed by atoms with Crippen LogP contribution in [-0.4, -0.2) is 0 Å². The molecule has 1 aliphatic carbocycles. The molecule has 0 bridgehead atoms. The SMILES string of the molecule is CC1CC(C(C)(C)CCc2cc(F)cc(C(C)(F)F)c2)C1. The molecule has 0 atom stereocenters. The lowest BCUT2D eigenvalue weighted by Gasteiger charge is -2.44. The molecule has 1 fully saturated rings. The van der Waals surface area contributed by atoms with Crippen molar-refractivity contribution < 1.29 is 13.2 Å². The normalized spacial score (nSPS) is 23.0. The molecule has 2 rings (SSSR count). The third kappa shape index (κ3) is 4.02. The van der Waals surface area contributed by atoms with Crippen LogP contribution in [0.15, 0.2) is 18.2 Å². The molecule has 1 saturated carbocycles. The number of halogens is 3. The summed E-state index contributed by atoms with van der Waals surface area (Å²) in [6.07, 6.45) is 4.05. The van der Waals surface area contributed by atoms with E-state index in [1.807, 2.05) is 0 Å². The molecule has 0 radical (unpaired) electrons. The van der Waals surface area contributed by atoms with Gasteiger partial charge in [-0.25, -0.2) is 13.2 Å². The van der Waals surface area contributed by atoms with Gasteiger partial charge in [-0.05, 0) is 66.7 Å². The van der Waals surface area contributed by atoms with E-state index in [9.17, 15) is 13.2 Å². The van der Waals surface area contributed by atoms with E-state index in [2.05, 4.69) is 20.8 Å². The molecule has 1 aromatic carbocycles. The van der Waals surface area contributed by atoms with Crippen molar-refractivity contribution in [2.24, 2.45) is 17.3 Å². The first-order valence-corrected chi connectivity index (χ1v) is 7.76. The summed E-state index contributed by atoms with van der Waals surface area (Å²) >= 11 is 0. The molecular formula is C18H25F3. The van der Waals surface area contributed by atoms with Gasteiger partial charge in [0, 0.05) is 12.5 Å². The summed E-state index contributed by atoms with van der Waals surface area (Å²) in [5.41, 5.74) is 0.632. The zero-order valence-corrected chi connectivity index (χ0v) is 13.3. The maximum absolute atomic E-state index is 13.5. The lowest BCUT2D eigenvalue weighted by atomic mass is 9.61. The fourth-order valence-corrected chi connectivity index (χ4v) is 3.26. The largest absolute Gasteiger partial charge is 0.270 e. The molecule has 1 aromatic rings. The Morgan fingerprint density at radius 1 is 1.10 bits per heavy atom. The van der Waals surface area contributed by atoms with E-state index in [0.29, 0.717) is 17.9 Å².